The van der Waals surface area contributed by atoms with E-state index in [0.29, 0.717) is 0 Å². The number of carbonyl (C=O) groups excluding carboxylic acids is 1. The molecule has 0 aromatic heterocycles. The first-order valence-electron chi connectivity index (χ1n) is 7.40. The third kappa shape index (κ3) is 4.39. The molecule has 0 saturated carbocycles. The number of nitrogens with one attached hydrogen (secondary N) is 1. The Labute approximate surface area is 141 Å². The van der Waals surface area contributed by atoms with E-state index < -0.39 is 15.8 Å². The normalized spacial score (nSPS) is 11.3. The maximum absolute atomic E-state index is 13.8. The monoisotopic (exact) mass is 350 g/mol. The van der Waals surface area contributed by atoms with Crippen LogP contribution in [0.1, 0.15) is 12.5 Å². The van der Waals surface area contributed by atoms with Gasteiger partial charge in [-0.15, -0.1) is 0 Å². The number of nitrogens with zero attached hydrogens (tertiary/aromatic N) is 1. The van der Waals surface area contributed by atoms with Crippen LogP contribution in [0.15, 0.2) is 53.4 Å². The fraction of sp³-hybridized carbons (Fsp3) is 0.235. The molecule has 0 bridgehead atoms. The van der Waals surface area contributed by atoms with Crippen LogP contribution in [0.3, 0.4) is 0 Å². The molecule has 0 aliphatic rings. The van der Waals surface area contributed by atoms with Crippen molar-refractivity contribution in [2.45, 2.75) is 18.7 Å². The third-order valence-corrected chi connectivity index (χ3v) is 4.96. The van der Waals surface area contributed by atoms with Crippen molar-refractivity contribution in [3.05, 3.63) is 59.9 Å². The number of anilines is 1. The minimum Gasteiger partial charge on any atom is -0.309 e. The van der Waals surface area contributed by atoms with E-state index in [1.807, 2.05) is 6.92 Å². The van der Waals surface area contributed by atoms with Gasteiger partial charge in [-0.25, -0.2) is 17.5 Å². The standard InChI is InChI=1S/C17H19FN2O3S/c1-13-7-9-15(10-8-13)24(22,23)19-11-12-20(14(2)21)17-6-4-3-5-16(17)18/h3-10,19H,11-12H2,1-2H3. The molecular formula is C17H19FN2O3S. The topological polar surface area (TPSA) is 66.5 Å². The predicted molar refractivity (Wildman–Crippen MR) is 90.8 cm³/mol. The van der Waals surface area contributed by atoms with Gasteiger partial charge in [0.25, 0.3) is 0 Å². The molecule has 1 amide bonds. The Balaban J connectivity index is 2.07. The summed E-state index contributed by atoms with van der Waals surface area (Å²) in [7, 11) is -3.67. The lowest BCUT2D eigenvalue weighted by Crippen LogP contribution is -2.38. The van der Waals surface area contributed by atoms with Crippen LogP contribution in [0.2, 0.25) is 0 Å². The quantitative estimate of drug-likeness (QED) is 0.870. The van der Waals surface area contributed by atoms with Crippen molar-refractivity contribution in [2.24, 2.45) is 0 Å². The first kappa shape index (κ1) is 18.1. The van der Waals surface area contributed by atoms with Crippen molar-refractivity contribution < 1.29 is 17.6 Å². The van der Waals surface area contributed by atoms with Crippen LogP contribution in [0, 0.1) is 12.7 Å². The van der Waals surface area contributed by atoms with E-state index >= 15 is 0 Å². The minimum atomic E-state index is -3.67. The molecule has 0 atom stereocenters. The highest BCUT2D eigenvalue weighted by Crippen LogP contribution is 2.18. The van der Waals surface area contributed by atoms with Crippen molar-refractivity contribution in [2.75, 3.05) is 18.0 Å². The number of rotatable bonds is 6. The number of carbonyl (C=O) groups is 1. The smallest absolute Gasteiger partial charge is 0.240 e. The van der Waals surface area contributed by atoms with Crippen molar-refractivity contribution >= 4 is 21.6 Å². The fourth-order valence-electron chi connectivity index (χ4n) is 2.21. The van der Waals surface area contributed by atoms with Crippen LogP contribution in [0.4, 0.5) is 10.1 Å². The van der Waals surface area contributed by atoms with Crippen LogP contribution in [0.5, 0.6) is 0 Å². The Bertz CT molecular complexity index is 820. The Morgan fingerprint density at radius 1 is 1.12 bits per heavy atom. The molecule has 0 spiro atoms. The van der Waals surface area contributed by atoms with Gasteiger partial charge in [0.2, 0.25) is 15.9 Å². The molecule has 2 aromatic rings. The molecule has 0 aliphatic carbocycles. The molecule has 2 aromatic carbocycles. The number of hydrogen-bond acceptors (Lipinski definition) is 3. The van der Waals surface area contributed by atoms with Gasteiger partial charge in [0.1, 0.15) is 5.82 Å². The van der Waals surface area contributed by atoms with Crippen molar-refractivity contribution in [1.29, 1.82) is 0 Å². The molecule has 0 fully saturated rings. The van der Waals surface area contributed by atoms with Crippen LogP contribution in [-0.4, -0.2) is 27.4 Å². The van der Waals surface area contributed by atoms with Crippen molar-refractivity contribution in [1.82, 2.24) is 4.72 Å². The molecule has 0 heterocycles. The molecule has 7 heteroatoms. The predicted octanol–water partition coefficient (Wildman–Crippen LogP) is 2.47. The average Bonchev–Trinajstić information content (AvgIpc) is 2.53. The van der Waals surface area contributed by atoms with E-state index in [2.05, 4.69) is 4.72 Å². The highest BCUT2D eigenvalue weighted by molar-refractivity contribution is 7.89. The van der Waals surface area contributed by atoms with Gasteiger partial charge in [-0.1, -0.05) is 29.8 Å². The summed E-state index contributed by atoms with van der Waals surface area (Å²) in [5, 5.41) is 0. The lowest BCUT2D eigenvalue weighted by atomic mass is 10.2. The molecule has 1 N–H and O–H groups in total. The summed E-state index contributed by atoms with van der Waals surface area (Å²) in [6.45, 7) is 3.18. The first-order chi connectivity index (χ1) is 11.3. The van der Waals surface area contributed by atoms with Gasteiger partial charge in [-0.2, -0.15) is 0 Å². The highest BCUT2D eigenvalue weighted by Gasteiger charge is 2.17. The van der Waals surface area contributed by atoms with Crippen LogP contribution >= 0.6 is 0 Å². The number of aryl methyl sites for hydroxylation is 1. The average molecular weight is 350 g/mol. The SMILES string of the molecule is CC(=O)N(CCNS(=O)(=O)c1ccc(C)cc1)c1ccccc1F. The maximum Gasteiger partial charge on any atom is 0.240 e. The molecule has 24 heavy (non-hydrogen) atoms. The van der Waals surface area contributed by atoms with E-state index in [4.69, 9.17) is 0 Å². The van der Waals surface area contributed by atoms with Gasteiger partial charge in [0, 0.05) is 20.0 Å². The second-order valence-electron chi connectivity index (χ2n) is 5.33. The van der Waals surface area contributed by atoms with E-state index in [-0.39, 0.29) is 29.6 Å². The van der Waals surface area contributed by atoms with Gasteiger partial charge in [0.15, 0.2) is 0 Å². The molecule has 5 nitrogen and oxygen atoms in total. The zero-order valence-electron chi connectivity index (χ0n) is 13.5. The van der Waals surface area contributed by atoms with Gasteiger partial charge in [-0.05, 0) is 31.2 Å². The summed E-state index contributed by atoms with van der Waals surface area (Å²) in [5.74, 6) is -0.899. The number of amides is 1. The summed E-state index contributed by atoms with van der Waals surface area (Å²) in [6, 6.07) is 12.3. The highest BCUT2D eigenvalue weighted by atomic mass is 32.2. The zero-order valence-corrected chi connectivity index (χ0v) is 14.3. The second-order valence-corrected chi connectivity index (χ2v) is 7.10. The number of hydrogen-bond donors (Lipinski definition) is 1. The summed E-state index contributed by atoms with van der Waals surface area (Å²) in [5.41, 5.74) is 1.08. The largest absolute Gasteiger partial charge is 0.309 e. The van der Waals surface area contributed by atoms with Gasteiger partial charge in [-0.3, -0.25) is 4.79 Å². The summed E-state index contributed by atoms with van der Waals surface area (Å²) >= 11 is 0. The van der Waals surface area contributed by atoms with E-state index in [1.54, 1.807) is 18.2 Å². The van der Waals surface area contributed by atoms with Crippen LogP contribution in [0.25, 0.3) is 0 Å². The fourth-order valence-corrected chi connectivity index (χ4v) is 3.23. The maximum atomic E-state index is 13.8. The minimum absolute atomic E-state index is 0.0237. The molecule has 128 valence electrons. The molecular weight excluding hydrogens is 331 g/mol. The van der Waals surface area contributed by atoms with Gasteiger partial charge >= 0.3 is 0 Å². The van der Waals surface area contributed by atoms with Gasteiger partial charge < -0.3 is 4.90 Å². The molecule has 0 radical (unpaired) electrons. The Kier molecular flexibility index (Phi) is 5.69. The van der Waals surface area contributed by atoms with E-state index in [1.165, 1.54) is 42.2 Å². The summed E-state index contributed by atoms with van der Waals surface area (Å²) in [6.07, 6.45) is 0. The second kappa shape index (κ2) is 7.55. The Morgan fingerprint density at radius 3 is 2.33 bits per heavy atom. The number of benzene rings is 2. The third-order valence-electron chi connectivity index (χ3n) is 3.48. The number of para-hydroxylation sites is 1. The first-order valence-corrected chi connectivity index (χ1v) is 8.88. The summed E-state index contributed by atoms with van der Waals surface area (Å²) < 4.78 is 40.7. The van der Waals surface area contributed by atoms with Crippen molar-refractivity contribution in [3.63, 3.8) is 0 Å². The molecule has 0 aliphatic heterocycles. The van der Waals surface area contributed by atoms with E-state index in [0.717, 1.165) is 5.56 Å². The number of halogens is 1. The van der Waals surface area contributed by atoms with Crippen LogP contribution < -0.4 is 9.62 Å². The molecule has 2 rings (SSSR count). The Morgan fingerprint density at radius 2 is 1.75 bits per heavy atom. The van der Waals surface area contributed by atoms with E-state index in [9.17, 15) is 17.6 Å². The lowest BCUT2D eigenvalue weighted by molar-refractivity contribution is -0.116. The van der Waals surface area contributed by atoms with Crippen LogP contribution in [-0.2, 0) is 14.8 Å². The molecule has 0 unspecified atom stereocenters. The lowest BCUT2D eigenvalue weighted by Gasteiger charge is -2.21. The molecule has 0 saturated heterocycles. The summed E-state index contributed by atoms with van der Waals surface area (Å²) in [4.78, 5) is 13.1. The van der Waals surface area contributed by atoms with Crippen molar-refractivity contribution in [3.8, 4) is 0 Å². The van der Waals surface area contributed by atoms with Gasteiger partial charge in [0.05, 0.1) is 10.6 Å². The number of sulfonamides is 1. The zero-order chi connectivity index (χ0) is 17.7. The Hall–Kier alpha value is -2.25.